The lowest BCUT2D eigenvalue weighted by molar-refractivity contribution is -0.116. The highest BCUT2D eigenvalue weighted by Crippen LogP contribution is 2.29. The topological polar surface area (TPSA) is 113 Å². The van der Waals surface area contributed by atoms with Crippen molar-refractivity contribution in [1.82, 2.24) is 15.3 Å². The highest BCUT2D eigenvalue weighted by Gasteiger charge is 2.20. The van der Waals surface area contributed by atoms with Gasteiger partial charge < -0.3 is 16.0 Å². The molecule has 0 radical (unpaired) electrons. The van der Waals surface area contributed by atoms with Crippen LogP contribution in [0.5, 0.6) is 0 Å². The summed E-state index contributed by atoms with van der Waals surface area (Å²) < 4.78 is 0. The first-order chi connectivity index (χ1) is 18.9. The summed E-state index contributed by atoms with van der Waals surface area (Å²) in [7, 11) is 0. The predicted octanol–water partition coefficient (Wildman–Crippen LogP) is 5.77. The molecule has 0 bridgehead atoms. The molecular formula is C29H27N5O3S2. The third-order valence-corrected chi connectivity index (χ3v) is 7.64. The van der Waals surface area contributed by atoms with E-state index >= 15 is 0 Å². The van der Waals surface area contributed by atoms with Crippen LogP contribution in [-0.4, -0.2) is 32.9 Å². The maximum Gasteiger partial charge on any atom is 0.272 e. The van der Waals surface area contributed by atoms with E-state index < -0.39 is 11.8 Å². The van der Waals surface area contributed by atoms with E-state index in [1.807, 2.05) is 31.4 Å². The molecule has 0 fully saturated rings. The summed E-state index contributed by atoms with van der Waals surface area (Å²) >= 11 is 2.79. The summed E-state index contributed by atoms with van der Waals surface area (Å²) in [4.78, 5) is 48.1. The SMILES string of the molecule is CCC(Sc1cccc(NC(=O)/C(=C/c2cccnc2)NC(=O)c2ccccc2)c1)C(=O)Nc1nc(C)cs1. The lowest BCUT2D eigenvalue weighted by Crippen LogP contribution is -2.30. The van der Waals surface area contributed by atoms with Crippen LogP contribution in [0.25, 0.3) is 6.08 Å². The Balaban J connectivity index is 1.48. The van der Waals surface area contributed by atoms with Crippen molar-refractivity contribution in [3.05, 3.63) is 107 Å². The number of aryl methyl sites for hydroxylation is 1. The minimum atomic E-state index is -0.491. The van der Waals surface area contributed by atoms with E-state index in [4.69, 9.17) is 0 Å². The van der Waals surface area contributed by atoms with Crippen molar-refractivity contribution in [2.45, 2.75) is 30.4 Å². The summed E-state index contributed by atoms with van der Waals surface area (Å²) in [5.41, 5.74) is 2.54. The maximum absolute atomic E-state index is 13.3. The zero-order chi connectivity index (χ0) is 27.6. The predicted molar refractivity (Wildman–Crippen MR) is 157 cm³/mol. The quantitative estimate of drug-likeness (QED) is 0.169. The normalized spacial score (nSPS) is 11.9. The highest BCUT2D eigenvalue weighted by atomic mass is 32.2. The standard InChI is InChI=1S/C29H27N5O3S2/c1-3-25(28(37)34-29-31-19(2)18-38-29)39-23-13-7-12-22(16-23)32-27(36)24(15-20-9-8-14-30-17-20)33-26(35)21-10-5-4-6-11-21/h4-18,25H,3H2,1-2H3,(H,32,36)(H,33,35)(H,31,34,37)/b24-15-. The van der Waals surface area contributed by atoms with Crippen LogP contribution in [0.4, 0.5) is 10.8 Å². The van der Waals surface area contributed by atoms with Gasteiger partial charge >= 0.3 is 0 Å². The Morgan fingerprint density at radius 1 is 1.03 bits per heavy atom. The maximum atomic E-state index is 13.3. The summed E-state index contributed by atoms with van der Waals surface area (Å²) in [6.07, 6.45) is 5.41. The van der Waals surface area contributed by atoms with E-state index in [1.54, 1.807) is 73.1 Å². The molecule has 0 spiro atoms. The van der Waals surface area contributed by atoms with E-state index in [9.17, 15) is 14.4 Å². The van der Waals surface area contributed by atoms with Crippen LogP contribution in [0.15, 0.2) is 95.1 Å². The van der Waals surface area contributed by atoms with Gasteiger partial charge in [0.2, 0.25) is 5.91 Å². The average molecular weight is 558 g/mol. The minimum Gasteiger partial charge on any atom is -0.321 e. The Morgan fingerprint density at radius 2 is 1.85 bits per heavy atom. The molecule has 0 aliphatic heterocycles. The van der Waals surface area contributed by atoms with Gasteiger partial charge in [0, 0.05) is 33.9 Å². The van der Waals surface area contributed by atoms with Gasteiger partial charge in [0.1, 0.15) is 5.70 Å². The minimum absolute atomic E-state index is 0.0689. The number of nitrogens with zero attached hydrogens (tertiary/aromatic N) is 2. The van der Waals surface area contributed by atoms with Crippen molar-refractivity contribution in [1.29, 1.82) is 0 Å². The third kappa shape index (κ3) is 8.10. The number of rotatable bonds is 10. The first kappa shape index (κ1) is 27.7. The van der Waals surface area contributed by atoms with E-state index in [0.29, 0.717) is 28.4 Å². The number of thioether (sulfide) groups is 1. The van der Waals surface area contributed by atoms with E-state index in [-0.39, 0.29) is 16.9 Å². The molecule has 198 valence electrons. The van der Waals surface area contributed by atoms with Crippen molar-refractivity contribution >= 4 is 57.7 Å². The molecule has 2 aromatic heterocycles. The van der Waals surface area contributed by atoms with Crippen LogP contribution in [0.1, 0.15) is 35.0 Å². The van der Waals surface area contributed by atoms with Crippen LogP contribution in [0, 0.1) is 6.92 Å². The second kappa shape index (κ2) is 13.5. The number of nitrogens with one attached hydrogen (secondary N) is 3. The number of anilines is 2. The number of benzene rings is 2. The summed E-state index contributed by atoms with van der Waals surface area (Å²) in [6.45, 7) is 3.82. The van der Waals surface area contributed by atoms with Crippen LogP contribution in [-0.2, 0) is 9.59 Å². The molecule has 2 heterocycles. The molecule has 4 rings (SSSR count). The molecule has 0 saturated carbocycles. The molecule has 3 amide bonds. The fourth-order valence-corrected chi connectivity index (χ4v) is 5.20. The molecule has 1 atom stereocenters. The molecule has 10 heteroatoms. The lowest BCUT2D eigenvalue weighted by atomic mass is 10.2. The van der Waals surface area contributed by atoms with Gasteiger partial charge in [-0.05, 0) is 61.4 Å². The summed E-state index contributed by atoms with van der Waals surface area (Å²) in [5, 5.41) is 10.6. The van der Waals surface area contributed by atoms with Gasteiger partial charge in [-0.1, -0.05) is 37.3 Å². The second-order valence-electron chi connectivity index (χ2n) is 8.44. The van der Waals surface area contributed by atoms with E-state index in [0.717, 1.165) is 10.6 Å². The number of hydrogen-bond donors (Lipinski definition) is 3. The number of amides is 3. The van der Waals surface area contributed by atoms with E-state index in [1.165, 1.54) is 23.1 Å². The Labute approximate surface area is 235 Å². The largest absolute Gasteiger partial charge is 0.321 e. The van der Waals surface area contributed by atoms with Crippen LogP contribution in [0.2, 0.25) is 0 Å². The molecule has 0 aliphatic carbocycles. The molecular weight excluding hydrogens is 530 g/mol. The molecule has 39 heavy (non-hydrogen) atoms. The van der Waals surface area contributed by atoms with Gasteiger partial charge in [-0.3, -0.25) is 19.4 Å². The highest BCUT2D eigenvalue weighted by molar-refractivity contribution is 8.00. The number of hydrogen-bond acceptors (Lipinski definition) is 7. The van der Waals surface area contributed by atoms with Gasteiger partial charge in [-0.2, -0.15) is 0 Å². The number of carbonyl (C=O) groups excluding carboxylic acids is 3. The van der Waals surface area contributed by atoms with Gasteiger partial charge in [0.25, 0.3) is 11.8 Å². The van der Waals surface area contributed by atoms with Gasteiger partial charge in [0.05, 0.1) is 10.9 Å². The van der Waals surface area contributed by atoms with E-state index in [2.05, 4.69) is 25.9 Å². The number of thiazole rings is 1. The van der Waals surface area contributed by atoms with Crippen LogP contribution in [0.3, 0.4) is 0 Å². The Kier molecular flexibility index (Phi) is 9.60. The van der Waals surface area contributed by atoms with Crippen molar-refractivity contribution in [2.24, 2.45) is 0 Å². The zero-order valence-corrected chi connectivity index (χ0v) is 23.0. The average Bonchev–Trinajstić information content (AvgIpc) is 3.36. The third-order valence-electron chi connectivity index (χ3n) is 5.41. The van der Waals surface area contributed by atoms with Crippen molar-refractivity contribution < 1.29 is 14.4 Å². The first-order valence-corrected chi connectivity index (χ1v) is 14.0. The second-order valence-corrected chi connectivity index (χ2v) is 10.6. The molecule has 4 aromatic rings. The monoisotopic (exact) mass is 557 g/mol. The number of carbonyl (C=O) groups is 3. The fourth-order valence-electron chi connectivity index (χ4n) is 3.50. The molecule has 0 saturated heterocycles. The number of pyridine rings is 1. The molecule has 0 aliphatic rings. The summed E-state index contributed by atoms with van der Waals surface area (Å²) in [6, 6.07) is 19.4. The van der Waals surface area contributed by atoms with Crippen molar-refractivity contribution in [3.63, 3.8) is 0 Å². The molecule has 8 nitrogen and oxygen atoms in total. The fraction of sp³-hybridized carbons (Fsp3) is 0.138. The van der Waals surface area contributed by atoms with Gasteiger partial charge in [-0.25, -0.2) is 4.98 Å². The Morgan fingerprint density at radius 3 is 2.54 bits per heavy atom. The first-order valence-electron chi connectivity index (χ1n) is 12.2. The van der Waals surface area contributed by atoms with Crippen LogP contribution >= 0.6 is 23.1 Å². The van der Waals surface area contributed by atoms with Gasteiger partial charge in [-0.15, -0.1) is 23.1 Å². The summed E-state index contributed by atoms with van der Waals surface area (Å²) in [5.74, 6) is -1.02. The molecule has 2 aromatic carbocycles. The molecule has 1 unspecified atom stereocenters. The molecule has 3 N–H and O–H groups in total. The van der Waals surface area contributed by atoms with Gasteiger partial charge in [0.15, 0.2) is 5.13 Å². The lowest BCUT2D eigenvalue weighted by Gasteiger charge is -2.15. The zero-order valence-electron chi connectivity index (χ0n) is 21.4. The Bertz CT molecular complexity index is 1470. The Hall–Kier alpha value is -4.28. The van der Waals surface area contributed by atoms with Crippen LogP contribution < -0.4 is 16.0 Å². The van der Waals surface area contributed by atoms with Crippen molar-refractivity contribution in [2.75, 3.05) is 10.6 Å². The van der Waals surface area contributed by atoms with Crippen molar-refractivity contribution in [3.8, 4) is 0 Å². The smallest absolute Gasteiger partial charge is 0.272 e. The number of aromatic nitrogens is 2.